The molecular weight excluding hydrogens is 320 g/mol. The van der Waals surface area contributed by atoms with E-state index in [1.807, 2.05) is 49.2 Å². The van der Waals surface area contributed by atoms with E-state index < -0.39 is 0 Å². The summed E-state index contributed by atoms with van der Waals surface area (Å²) in [7, 11) is 1.89. The van der Waals surface area contributed by atoms with Crippen LogP contribution < -0.4 is 10.2 Å². The van der Waals surface area contributed by atoms with Crippen LogP contribution in [0.2, 0.25) is 0 Å². The fraction of sp³-hybridized carbons (Fsp3) is 0.286. The molecule has 2 aromatic rings. The molecule has 0 aliphatic heterocycles. The highest BCUT2D eigenvalue weighted by molar-refractivity contribution is 9.10. The lowest BCUT2D eigenvalue weighted by Gasteiger charge is -2.18. The van der Waals surface area contributed by atoms with E-state index in [2.05, 4.69) is 31.2 Å². The van der Waals surface area contributed by atoms with Crippen molar-refractivity contribution in [2.75, 3.05) is 30.4 Å². The quantitative estimate of drug-likeness (QED) is 0.879. The topological polar surface area (TPSA) is 61.3 Å². The molecule has 0 bridgehead atoms. The Morgan fingerprint density at radius 2 is 2.05 bits per heavy atom. The second kappa shape index (κ2) is 6.67. The first-order valence-corrected chi connectivity index (χ1v) is 7.08. The highest BCUT2D eigenvalue weighted by atomic mass is 79.9. The van der Waals surface area contributed by atoms with Crippen molar-refractivity contribution in [3.8, 4) is 0 Å². The van der Waals surface area contributed by atoms with Crippen molar-refractivity contribution in [3.63, 3.8) is 0 Å². The molecule has 5 nitrogen and oxygen atoms in total. The number of anilines is 3. The van der Waals surface area contributed by atoms with E-state index in [-0.39, 0.29) is 6.61 Å². The predicted octanol–water partition coefficient (Wildman–Crippen LogP) is 2.72. The molecule has 0 aliphatic rings. The smallest absolute Gasteiger partial charge is 0.136 e. The molecule has 2 rings (SSSR count). The fourth-order valence-corrected chi connectivity index (χ4v) is 2.16. The number of halogens is 1. The third-order valence-electron chi connectivity index (χ3n) is 2.79. The van der Waals surface area contributed by atoms with Crippen LogP contribution in [0.15, 0.2) is 34.8 Å². The van der Waals surface area contributed by atoms with Gasteiger partial charge in [-0.2, -0.15) is 0 Å². The average molecular weight is 337 g/mol. The third-order valence-corrected chi connectivity index (χ3v) is 3.48. The number of hydrogen-bond donors (Lipinski definition) is 2. The van der Waals surface area contributed by atoms with Crippen molar-refractivity contribution in [1.29, 1.82) is 0 Å². The van der Waals surface area contributed by atoms with Gasteiger partial charge in [-0.3, -0.25) is 0 Å². The maximum atomic E-state index is 9.00. The van der Waals surface area contributed by atoms with Gasteiger partial charge < -0.3 is 15.3 Å². The summed E-state index contributed by atoms with van der Waals surface area (Å²) in [6, 6.07) is 9.72. The first kappa shape index (κ1) is 14.7. The van der Waals surface area contributed by atoms with Crippen LogP contribution in [0.25, 0.3) is 0 Å². The number of rotatable bonds is 5. The second-order valence-electron chi connectivity index (χ2n) is 4.41. The van der Waals surface area contributed by atoms with E-state index in [4.69, 9.17) is 5.11 Å². The number of aryl methyl sites for hydroxylation is 1. The van der Waals surface area contributed by atoms with E-state index in [1.165, 1.54) is 0 Å². The minimum atomic E-state index is 0.0898. The van der Waals surface area contributed by atoms with Gasteiger partial charge in [0.1, 0.15) is 17.5 Å². The lowest BCUT2D eigenvalue weighted by atomic mass is 10.3. The maximum absolute atomic E-state index is 9.00. The van der Waals surface area contributed by atoms with Crippen LogP contribution >= 0.6 is 15.9 Å². The van der Waals surface area contributed by atoms with Gasteiger partial charge in [0.05, 0.1) is 12.3 Å². The van der Waals surface area contributed by atoms with Gasteiger partial charge in [-0.05, 0) is 35.0 Å². The highest BCUT2D eigenvalue weighted by Crippen LogP contribution is 2.25. The lowest BCUT2D eigenvalue weighted by molar-refractivity contribution is 0.304. The number of aliphatic hydroxyl groups is 1. The van der Waals surface area contributed by atoms with Crippen molar-refractivity contribution in [3.05, 3.63) is 40.6 Å². The number of nitrogens with zero attached hydrogens (tertiary/aromatic N) is 3. The number of hydrogen-bond acceptors (Lipinski definition) is 5. The van der Waals surface area contributed by atoms with Crippen LogP contribution in [0.3, 0.4) is 0 Å². The molecule has 6 heteroatoms. The molecule has 0 aliphatic carbocycles. The molecule has 1 heterocycles. The average Bonchev–Trinajstić information content (AvgIpc) is 2.41. The fourth-order valence-electron chi connectivity index (χ4n) is 1.78. The molecule has 1 aromatic carbocycles. The Kier molecular flexibility index (Phi) is 4.92. The number of benzene rings is 1. The number of aliphatic hydroxyl groups excluding tert-OH is 1. The number of aromatic nitrogens is 2. The summed E-state index contributed by atoms with van der Waals surface area (Å²) in [6.07, 6.45) is 0. The van der Waals surface area contributed by atoms with Gasteiger partial charge >= 0.3 is 0 Å². The number of para-hydroxylation sites is 1. The summed E-state index contributed by atoms with van der Waals surface area (Å²) >= 11 is 3.50. The van der Waals surface area contributed by atoms with Crippen molar-refractivity contribution in [1.82, 2.24) is 9.97 Å². The first-order chi connectivity index (χ1) is 9.60. The van der Waals surface area contributed by atoms with Crippen molar-refractivity contribution in [2.24, 2.45) is 0 Å². The van der Waals surface area contributed by atoms with Crippen LogP contribution in [0.1, 0.15) is 5.82 Å². The van der Waals surface area contributed by atoms with Gasteiger partial charge in [-0.1, -0.05) is 12.1 Å². The van der Waals surface area contributed by atoms with Gasteiger partial charge in [0.15, 0.2) is 0 Å². The molecule has 0 radical (unpaired) electrons. The summed E-state index contributed by atoms with van der Waals surface area (Å²) in [5.41, 5.74) is 0.946. The first-order valence-electron chi connectivity index (χ1n) is 6.29. The molecule has 0 atom stereocenters. The van der Waals surface area contributed by atoms with E-state index in [1.54, 1.807) is 0 Å². The maximum Gasteiger partial charge on any atom is 0.136 e. The largest absolute Gasteiger partial charge is 0.395 e. The Balaban J connectivity index is 2.26. The van der Waals surface area contributed by atoms with Crippen LogP contribution in [0.4, 0.5) is 17.3 Å². The third kappa shape index (κ3) is 3.68. The summed E-state index contributed by atoms with van der Waals surface area (Å²) in [6.45, 7) is 2.47. The molecule has 1 aromatic heterocycles. The second-order valence-corrected chi connectivity index (χ2v) is 5.26. The summed E-state index contributed by atoms with van der Waals surface area (Å²) in [5, 5.41) is 12.3. The van der Waals surface area contributed by atoms with Crippen LogP contribution in [0.5, 0.6) is 0 Å². The van der Waals surface area contributed by atoms with Gasteiger partial charge in [0.2, 0.25) is 0 Å². The summed E-state index contributed by atoms with van der Waals surface area (Å²) < 4.78 is 0.974. The Bertz CT molecular complexity index is 591. The highest BCUT2D eigenvalue weighted by Gasteiger charge is 2.07. The molecule has 106 valence electrons. The zero-order chi connectivity index (χ0) is 14.5. The Morgan fingerprint density at radius 1 is 1.30 bits per heavy atom. The van der Waals surface area contributed by atoms with Gasteiger partial charge in [0.25, 0.3) is 0 Å². The molecule has 0 spiro atoms. The van der Waals surface area contributed by atoms with Gasteiger partial charge in [-0.15, -0.1) is 0 Å². The molecule has 20 heavy (non-hydrogen) atoms. The minimum Gasteiger partial charge on any atom is -0.395 e. The standard InChI is InChI=1S/C14H17BrN4O/c1-10-16-13(9-14(17-10)19(2)7-8-20)18-12-6-4-3-5-11(12)15/h3-6,9,20H,7-8H2,1-2H3,(H,16,17,18). The molecule has 0 amide bonds. The lowest BCUT2D eigenvalue weighted by Crippen LogP contribution is -2.22. The zero-order valence-corrected chi connectivity index (χ0v) is 13.1. The van der Waals surface area contributed by atoms with E-state index in [0.29, 0.717) is 12.4 Å². The summed E-state index contributed by atoms with van der Waals surface area (Å²) in [5.74, 6) is 2.19. The van der Waals surface area contributed by atoms with Crippen LogP contribution in [0, 0.1) is 6.92 Å². The van der Waals surface area contributed by atoms with Crippen LogP contribution in [-0.4, -0.2) is 35.3 Å². The van der Waals surface area contributed by atoms with E-state index in [0.717, 1.165) is 21.8 Å². The van der Waals surface area contributed by atoms with Crippen molar-refractivity contribution < 1.29 is 5.11 Å². The summed E-state index contributed by atoms with van der Waals surface area (Å²) in [4.78, 5) is 10.6. The van der Waals surface area contributed by atoms with E-state index >= 15 is 0 Å². The molecule has 0 fully saturated rings. The monoisotopic (exact) mass is 336 g/mol. The molecule has 2 N–H and O–H groups in total. The Labute approximate surface area is 126 Å². The normalized spacial score (nSPS) is 10.4. The number of nitrogens with one attached hydrogen (secondary N) is 1. The molecular formula is C14H17BrN4O. The van der Waals surface area contributed by atoms with Gasteiger partial charge in [-0.25, -0.2) is 9.97 Å². The predicted molar refractivity (Wildman–Crippen MR) is 84.5 cm³/mol. The van der Waals surface area contributed by atoms with E-state index in [9.17, 15) is 0 Å². The SMILES string of the molecule is Cc1nc(Nc2ccccc2Br)cc(N(C)CCO)n1. The Hall–Kier alpha value is -1.66. The van der Waals surface area contributed by atoms with Crippen molar-refractivity contribution in [2.45, 2.75) is 6.92 Å². The molecule has 0 unspecified atom stereocenters. The van der Waals surface area contributed by atoms with Gasteiger partial charge in [0, 0.05) is 24.1 Å². The van der Waals surface area contributed by atoms with Crippen LogP contribution in [-0.2, 0) is 0 Å². The van der Waals surface area contributed by atoms with Crippen molar-refractivity contribution >= 4 is 33.3 Å². The molecule has 0 saturated carbocycles. The Morgan fingerprint density at radius 3 is 2.75 bits per heavy atom. The zero-order valence-electron chi connectivity index (χ0n) is 11.5. The minimum absolute atomic E-state index is 0.0898. The number of likely N-dealkylation sites (N-methyl/N-ethyl adjacent to an activating group) is 1. The molecule has 0 saturated heterocycles.